The fourth-order valence-electron chi connectivity index (χ4n) is 6.06. The van der Waals surface area contributed by atoms with Crippen LogP contribution in [0.5, 0.6) is 11.5 Å². The fourth-order valence-corrected chi connectivity index (χ4v) is 6.06. The van der Waals surface area contributed by atoms with Crippen LogP contribution >= 0.6 is 12.4 Å². The third-order valence-corrected chi connectivity index (χ3v) is 7.56. The Labute approximate surface area is 197 Å². The van der Waals surface area contributed by atoms with E-state index in [2.05, 4.69) is 4.90 Å². The number of halogens is 1. The topological polar surface area (TPSA) is 132 Å². The van der Waals surface area contributed by atoms with Gasteiger partial charge >= 0.3 is 11.9 Å². The molecule has 33 heavy (non-hydrogen) atoms. The van der Waals surface area contributed by atoms with E-state index in [9.17, 15) is 19.8 Å². The number of nitrogens with two attached hydrogens (primary N) is 1. The van der Waals surface area contributed by atoms with Crippen molar-refractivity contribution >= 4 is 24.3 Å². The summed E-state index contributed by atoms with van der Waals surface area (Å²) in [4.78, 5) is 26.6. The molecule has 4 aliphatic rings. The van der Waals surface area contributed by atoms with Crippen LogP contribution in [0.25, 0.3) is 0 Å². The minimum absolute atomic E-state index is 0. The maximum absolute atomic E-state index is 12.7. The van der Waals surface area contributed by atoms with Gasteiger partial charge in [0.15, 0.2) is 23.7 Å². The minimum Gasteiger partial charge on any atom is -0.504 e. The summed E-state index contributed by atoms with van der Waals surface area (Å²) in [6, 6.07) is 3.36. The molecule has 0 amide bonds. The van der Waals surface area contributed by atoms with E-state index in [0.717, 1.165) is 17.7 Å². The number of phenolic OH excluding ortho intramolecular Hbond substituents is 1. The van der Waals surface area contributed by atoms with Crippen molar-refractivity contribution in [2.24, 2.45) is 5.73 Å². The zero-order chi connectivity index (χ0) is 22.8. The largest absolute Gasteiger partial charge is 0.504 e. The van der Waals surface area contributed by atoms with Crippen LogP contribution in [0, 0.1) is 0 Å². The number of phenols is 1. The Morgan fingerprint density at radius 3 is 2.88 bits per heavy atom. The van der Waals surface area contributed by atoms with Gasteiger partial charge in [0.2, 0.25) is 0 Å². The number of nitrogens with zero attached hydrogens (tertiary/aromatic N) is 1. The van der Waals surface area contributed by atoms with Gasteiger partial charge in [0.1, 0.15) is 5.76 Å². The van der Waals surface area contributed by atoms with E-state index >= 15 is 0 Å². The summed E-state index contributed by atoms with van der Waals surface area (Å²) >= 11 is 0. The molecule has 1 fully saturated rings. The van der Waals surface area contributed by atoms with Crippen molar-refractivity contribution in [2.45, 2.75) is 61.9 Å². The maximum atomic E-state index is 12.7. The number of hydrogen-bond donors (Lipinski definition) is 3. The van der Waals surface area contributed by atoms with Gasteiger partial charge in [0, 0.05) is 24.6 Å². The van der Waals surface area contributed by atoms with Gasteiger partial charge in [-0.25, -0.2) is 4.79 Å². The number of aliphatic hydroxyl groups is 1. The molecular formula is C23H29ClN2O7. The molecule has 2 aliphatic heterocycles. The Morgan fingerprint density at radius 1 is 1.39 bits per heavy atom. The van der Waals surface area contributed by atoms with Crippen molar-refractivity contribution in [3.05, 3.63) is 35.1 Å². The minimum atomic E-state index is -1.13. The van der Waals surface area contributed by atoms with Gasteiger partial charge in [-0.05, 0) is 51.1 Å². The first-order chi connectivity index (χ1) is 15.2. The molecule has 4 N–H and O–H groups in total. The molecule has 180 valence electrons. The van der Waals surface area contributed by atoms with E-state index in [-0.39, 0.29) is 49.3 Å². The molecule has 1 unspecified atom stereocenters. The fraction of sp³-hybridized carbons (Fsp3) is 0.565. The second-order valence-electron chi connectivity index (χ2n) is 9.19. The highest BCUT2D eigenvalue weighted by Gasteiger charge is 2.72. The van der Waals surface area contributed by atoms with Crippen molar-refractivity contribution in [1.29, 1.82) is 0 Å². The number of aromatic hydroxyl groups is 1. The molecule has 1 spiro atoms. The standard InChI is InChI=1S/C23H28N2O7.ClH/c1-12(30-17(27)6-9-24)21(28)31-15-5-7-23(29)16-11-13-3-4-14(26)19-18(13)22(23,20(15)32-19)8-10-25(16)2;/h3-5,12,16,20,26,29H,6-11,24H2,1-2H3;1H/t12?,16-,20+,22+,23-;/m1./s1. The average molecular weight is 481 g/mol. The molecule has 9 nitrogen and oxygen atoms in total. The highest BCUT2D eigenvalue weighted by molar-refractivity contribution is 5.85. The van der Waals surface area contributed by atoms with Crippen LogP contribution in [0.3, 0.4) is 0 Å². The number of piperidine rings is 1. The molecule has 2 heterocycles. The van der Waals surface area contributed by atoms with Gasteiger partial charge in [-0.1, -0.05) is 6.07 Å². The number of ether oxygens (including phenoxy) is 3. The quantitative estimate of drug-likeness (QED) is 0.526. The normalized spacial score (nSPS) is 31.9. The van der Waals surface area contributed by atoms with Crippen LogP contribution in [-0.2, 0) is 30.9 Å². The molecule has 1 aromatic carbocycles. The molecular weight excluding hydrogens is 452 g/mol. The molecule has 1 aromatic rings. The third kappa shape index (κ3) is 3.17. The van der Waals surface area contributed by atoms with E-state index in [1.54, 1.807) is 12.1 Å². The van der Waals surface area contributed by atoms with Crippen molar-refractivity contribution in [2.75, 3.05) is 20.1 Å². The number of carbonyl (C=O) groups excluding carboxylic acids is 2. The zero-order valence-electron chi connectivity index (χ0n) is 18.6. The third-order valence-electron chi connectivity index (χ3n) is 7.56. The number of rotatable bonds is 5. The molecule has 2 bridgehead atoms. The smallest absolute Gasteiger partial charge is 0.352 e. The molecule has 0 saturated carbocycles. The number of likely N-dealkylation sites (tertiary alicyclic amines) is 1. The van der Waals surface area contributed by atoms with E-state index in [4.69, 9.17) is 19.9 Å². The lowest BCUT2D eigenvalue weighted by atomic mass is 9.50. The monoisotopic (exact) mass is 480 g/mol. The predicted octanol–water partition coefficient (Wildman–Crippen LogP) is 0.915. The molecule has 5 rings (SSSR count). The molecule has 5 atom stereocenters. The zero-order valence-corrected chi connectivity index (χ0v) is 19.4. The van der Waals surface area contributed by atoms with Crippen LogP contribution in [0.4, 0.5) is 0 Å². The Bertz CT molecular complexity index is 1030. The van der Waals surface area contributed by atoms with Crippen molar-refractivity contribution in [3.63, 3.8) is 0 Å². The van der Waals surface area contributed by atoms with E-state index in [1.807, 2.05) is 13.1 Å². The van der Waals surface area contributed by atoms with Crippen LogP contribution in [0.2, 0.25) is 0 Å². The lowest BCUT2D eigenvalue weighted by Gasteiger charge is -2.61. The number of likely N-dealkylation sites (N-methyl/N-ethyl adjacent to an activating group) is 1. The first-order valence-electron chi connectivity index (χ1n) is 11.0. The highest BCUT2D eigenvalue weighted by Crippen LogP contribution is 2.65. The summed E-state index contributed by atoms with van der Waals surface area (Å²) in [6.07, 6.45) is 1.32. The molecule has 0 radical (unpaired) electrons. The summed E-state index contributed by atoms with van der Waals surface area (Å²) in [7, 11) is 2.00. The Kier molecular flexibility index (Phi) is 5.89. The second kappa shape index (κ2) is 8.16. The SMILES string of the molecule is CC(OC(=O)CCN)C(=O)OC1=CC[C@@]2(O)[C@H]3Cc4ccc(O)c5c4[C@@]2(CCN3C)[C@H]1O5.Cl. The van der Waals surface area contributed by atoms with Gasteiger partial charge in [0.25, 0.3) is 0 Å². The van der Waals surface area contributed by atoms with E-state index < -0.39 is 35.2 Å². The van der Waals surface area contributed by atoms with Crippen molar-refractivity contribution in [3.8, 4) is 11.5 Å². The van der Waals surface area contributed by atoms with E-state index in [1.165, 1.54) is 6.92 Å². The van der Waals surface area contributed by atoms with Gasteiger partial charge in [-0.2, -0.15) is 0 Å². The average Bonchev–Trinajstić information content (AvgIpc) is 3.10. The van der Waals surface area contributed by atoms with Crippen molar-refractivity contribution in [1.82, 2.24) is 4.90 Å². The van der Waals surface area contributed by atoms with Crippen molar-refractivity contribution < 1.29 is 34.0 Å². The Balaban J connectivity index is 0.00000259. The summed E-state index contributed by atoms with van der Waals surface area (Å²) in [6.45, 7) is 2.30. The number of esters is 2. The van der Waals surface area contributed by atoms with Crippen LogP contribution in [-0.4, -0.2) is 71.0 Å². The Morgan fingerprint density at radius 2 is 2.15 bits per heavy atom. The first-order valence-corrected chi connectivity index (χ1v) is 11.0. The number of hydrogen-bond acceptors (Lipinski definition) is 9. The van der Waals surface area contributed by atoms with Crippen LogP contribution in [0.15, 0.2) is 24.0 Å². The number of benzene rings is 1. The molecule has 2 aliphatic carbocycles. The van der Waals surface area contributed by atoms with Gasteiger partial charge in [-0.3, -0.25) is 4.79 Å². The summed E-state index contributed by atoms with van der Waals surface area (Å²) in [5.74, 6) is -0.685. The lowest BCUT2D eigenvalue weighted by molar-refractivity contribution is -0.175. The lowest BCUT2D eigenvalue weighted by Crippen LogP contribution is -2.74. The predicted molar refractivity (Wildman–Crippen MR) is 119 cm³/mol. The summed E-state index contributed by atoms with van der Waals surface area (Å²) < 4.78 is 17.0. The van der Waals surface area contributed by atoms with Crippen LogP contribution < -0.4 is 10.5 Å². The second-order valence-corrected chi connectivity index (χ2v) is 9.19. The molecule has 0 aromatic heterocycles. The highest BCUT2D eigenvalue weighted by atomic mass is 35.5. The Hall–Kier alpha value is -2.33. The summed E-state index contributed by atoms with van der Waals surface area (Å²) in [5, 5.41) is 22.6. The van der Waals surface area contributed by atoms with Crippen LogP contribution in [0.1, 0.15) is 37.3 Å². The first kappa shape index (κ1) is 23.8. The molecule has 10 heteroatoms. The summed E-state index contributed by atoms with van der Waals surface area (Å²) in [5.41, 5.74) is 5.23. The number of carbonyl (C=O) groups is 2. The van der Waals surface area contributed by atoms with E-state index in [0.29, 0.717) is 18.6 Å². The maximum Gasteiger partial charge on any atom is 0.352 e. The van der Waals surface area contributed by atoms with Gasteiger partial charge in [0.05, 0.1) is 17.4 Å². The van der Waals surface area contributed by atoms with Gasteiger partial charge in [-0.15, -0.1) is 12.4 Å². The van der Waals surface area contributed by atoms with Gasteiger partial charge < -0.3 is 35.1 Å². The molecule has 1 saturated heterocycles.